The van der Waals surface area contributed by atoms with Gasteiger partial charge < -0.3 is 23.5 Å². The van der Waals surface area contributed by atoms with Crippen molar-refractivity contribution in [3.63, 3.8) is 0 Å². The third-order valence-electron chi connectivity index (χ3n) is 6.43. The molecule has 1 aromatic heterocycles. The summed E-state index contributed by atoms with van der Waals surface area (Å²) in [5.41, 5.74) is 0.625. The maximum absolute atomic E-state index is 14.0. The van der Waals surface area contributed by atoms with E-state index in [0.29, 0.717) is 42.7 Å². The largest absolute Gasteiger partial charge is 0.493 e. The summed E-state index contributed by atoms with van der Waals surface area (Å²) < 4.78 is 37.1. The van der Waals surface area contributed by atoms with Crippen LogP contribution in [0.25, 0.3) is 11.0 Å². The number of hydrogen-bond acceptors (Lipinski definition) is 6. The molecular formula is C27H28FNO6. The number of ether oxygens (including phenoxy) is 3. The molecule has 3 heterocycles. The van der Waals surface area contributed by atoms with Crippen LogP contribution in [0.4, 0.5) is 4.39 Å². The van der Waals surface area contributed by atoms with Crippen LogP contribution in [0, 0.1) is 11.7 Å². The van der Waals surface area contributed by atoms with Gasteiger partial charge in [-0.3, -0.25) is 9.59 Å². The zero-order chi connectivity index (χ0) is 24.7. The lowest BCUT2D eigenvalue weighted by atomic mass is 9.97. The predicted octanol–water partition coefficient (Wildman–Crippen LogP) is 4.70. The molecule has 5 rings (SSSR count). The van der Waals surface area contributed by atoms with E-state index in [1.807, 2.05) is 6.07 Å². The lowest BCUT2D eigenvalue weighted by Crippen LogP contribution is -2.36. The second-order valence-electron chi connectivity index (χ2n) is 9.42. The van der Waals surface area contributed by atoms with Crippen molar-refractivity contribution < 1.29 is 27.8 Å². The summed E-state index contributed by atoms with van der Waals surface area (Å²) in [6, 6.07) is 8.39. The van der Waals surface area contributed by atoms with Crippen molar-refractivity contribution >= 4 is 16.9 Å². The number of carbonyl (C=O) groups is 1. The molecule has 1 amide bonds. The van der Waals surface area contributed by atoms with Gasteiger partial charge in [0.25, 0.3) is 5.91 Å². The lowest BCUT2D eigenvalue weighted by Gasteiger charge is -2.28. The van der Waals surface area contributed by atoms with Gasteiger partial charge in [0, 0.05) is 13.2 Å². The molecule has 0 radical (unpaired) electrons. The molecule has 0 N–H and O–H groups in total. The minimum atomic E-state index is -0.723. The van der Waals surface area contributed by atoms with Crippen molar-refractivity contribution in [3.05, 3.63) is 69.3 Å². The molecule has 184 valence electrons. The number of amides is 1. The van der Waals surface area contributed by atoms with Crippen molar-refractivity contribution in [2.45, 2.75) is 38.8 Å². The second kappa shape index (κ2) is 9.34. The summed E-state index contributed by atoms with van der Waals surface area (Å²) >= 11 is 0. The summed E-state index contributed by atoms with van der Waals surface area (Å²) in [7, 11) is 1.55. The Bertz CT molecular complexity index is 1330. The highest BCUT2D eigenvalue weighted by atomic mass is 19.1. The summed E-state index contributed by atoms with van der Waals surface area (Å²) in [5, 5.41) is 0.101. The summed E-state index contributed by atoms with van der Waals surface area (Å²) in [6.07, 6.45) is 1.61. The zero-order valence-corrected chi connectivity index (χ0v) is 20.0. The first-order valence-electron chi connectivity index (χ1n) is 11.9. The highest BCUT2D eigenvalue weighted by Gasteiger charge is 2.44. The van der Waals surface area contributed by atoms with Gasteiger partial charge >= 0.3 is 0 Å². The molecular weight excluding hydrogens is 453 g/mol. The van der Waals surface area contributed by atoms with Crippen LogP contribution in [0.5, 0.6) is 11.5 Å². The first kappa shape index (κ1) is 23.4. The average Bonchev–Trinajstić information content (AvgIpc) is 3.45. The lowest BCUT2D eigenvalue weighted by molar-refractivity contribution is 0.0486. The number of benzene rings is 2. The van der Waals surface area contributed by atoms with E-state index in [1.54, 1.807) is 24.1 Å². The Kier molecular flexibility index (Phi) is 6.23. The van der Waals surface area contributed by atoms with Gasteiger partial charge in [-0.05, 0) is 54.7 Å². The normalized spacial score (nSPS) is 19.6. The molecule has 2 aromatic carbocycles. The molecule has 1 fully saturated rings. The van der Waals surface area contributed by atoms with Gasteiger partial charge in [-0.2, -0.15) is 0 Å². The number of fused-ring (bicyclic) bond motifs is 2. The number of nitrogens with zero attached hydrogens (tertiary/aromatic N) is 1. The smallest absolute Gasteiger partial charge is 0.291 e. The minimum Gasteiger partial charge on any atom is -0.493 e. The molecule has 2 aliphatic heterocycles. The summed E-state index contributed by atoms with van der Waals surface area (Å²) in [6.45, 7) is 5.58. The molecule has 2 atom stereocenters. The van der Waals surface area contributed by atoms with Crippen LogP contribution in [-0.2, 0) is 4.74 Å². The highest BCUT2D eigenvalue weighted by Crippen LogP contribution is 2.41. The van der Waals surface area contributed by atoms with Crippen molar-refractivity contribution in [2.24, 2.45) is 5.92 Å². The summed E-state index contributed by atoms with van der Waals surface area (Å²) in [4.78, 5) is 28.7. The maximum atomic E-state index is 14.0. The first-order chi connectivity index (χ1) is 16.9. The van der Waals surface area contributed by atoms with E-state index in [1.165, 1.54) is 12.1 Å². The Hall–Kier alpha value is -3.39. The van der Waals surface area contributed by atoms with Crippen LogP contribution in [-0.4, -0.2) is 43.8 Å². The van der Waals surface area contributed by atoms with Crippen molar-refractivity contribution in [1.29, 1.82) is 0 Å². The Morgan fingerprint density at radius 2 is 1.97 bits per heavy atom. The van der Waals surface area contributed by atoms with Crippen LogP contribution in [0.15, 0.2) is 45.6 Å². The standard InChI is InChI=1S/C27H28FNO6/c1-15(2)14-34-21-8-6-16(11-22(21)32-3)24-23-25(30)19-12-17(28)7-9-20(19)35-26(23)27(31)29(24)13-18-5-4-10-33-18/h6-9,11-12,15,18,24H,4-5,10,13-14H2,1-3H3/t18-,24+/m0/s1. The molecule has 0 saturated carbocycles. The minimum absolute atomic E-state index is 0.0174. The molecule has 0 aliphatic carbocycles. The fraction of sp³-hybridized carbons (Fsp3) is 0.407. The number of halogens is 1. The van der Waals surface area contributed by atoms with Crippen LogP contribution in [0.1, 0.15) is 54.4 Å². The van der Waals surface area contributed by atoms with Crippen LogP contribution >= 0.6 is 0 Å². The van der Waals surface area contributed by atoms with Gasteiger partial charge in [0.05, 0.1) is 36.8 Å². The van der Waals surface area contributed by atoms with E-state index in [4.69, 9.17) is 18.6 Å². The molecule has 0 spiro atoms. The zero-order valence-electron chi connectivity index (χ0n) is 20.0. The molecule has 0 unspecified atom stereocenters. The number of hydrogen-bond donors (Lipinski definition) is 0. The second-order valence-corrected chi connectivity index (χ2v) is 9.42. The van der Waals surface area contributed by atoms with Crippen LogP contribution in [0.2, 0.25) is 0 Å². The van der Waals surface area contributed by atoms with Gasteiger partial charge in [0.2, 0.25) is 5.76 Å². The number of carbonyl (C=O) groups excluding carboxylic acids is 1. The van der Waals surface area contributed by atoms with E-state index in [2.05, 4.69) is 13.8 Å². The third-order valence-corrected chi connectivity index (χ3v) is 6.43. The molecule has 3 aromatic rings. The maximum Gasteiger partial charge on any atom is 0.291 e. The first-order valence-corrected chi connectivity index (χ1v) is 11.9. The monoisotopic (exact) mass is 481 g/mol. The molecule has 1 saturated heterocycles. The molecule has 2 aliphatic rings. The van der Waals surface area contributed by atoms with Crippen LogP contribution < -0.4 is 14.9 Å². The van der Waals surface area contributed by atoms with E-state index in [9.17, 15) is 14.0 Å². The Morgan fingerprint density at radius 3 is 2.69 bits per heavy atom. The molecule has 7 nitrogen and oxygen atoms in total. The highest BCUT2D eigenvalue weighted by molar-refractivity contribution is 5.99. The summed E-state index contributed by atoms with van der Waals surface area (Å²) in [5.74, 6) is 0.457. The Morgan fingerprint density at radius 1 is 1.14 bits per heavy atom. The molecule has 0 bridgehead atoms. The SMILES string of the molecule is COc1cc([C@@H]2c3c(oc4ccc(F)cc4c3=O)C(=O)N2C[C@@H]2CCCO2)ccc1OCC(C)C. The third kappa shape index (κ3) is 4.27. The van der Waals surface area contributed by atoms with E-state index >= 15 is 0 Å². The Balaban J connectivity index is 1.64. The van der Waals surface area contributed by atoms with Gasteiger partial charge in [-0.1, -0.05) is 19.9 Å². The Labute approximate surface area is 202 Å². The van der Waals surface area contributed by atoms with Gasteiger partial charge in [0.1, 0.15) is 11.4 Å². The van der Waals surface area contributed by atoms with E-state index in [-0.39, 0.29) is 34.3 Å². The predicted molar refractivity (Wildman–Crippen MR) is 128 cm³/mol. The van der Waals surface area contributed by atoms with Crippen molar-refractivity contribution in [2.75, 3.05) is 26.9 Å². The van der Waals surface area contributed by atoms with Crippen LogP contribution in [0.3, 0.4) is 0 Å². The van der Waals surface area contributed by atoms with Crippen molar-refractivity contribution in [3.8, 4) is 11.5 Å². The van der Waals surface area contributed by atoms with Gasteiger partial charge in [-0.25, -0.2) is 4.39 Å². The van der Waals surface area contributed by atoms with E-state index < -0.39 is 17.3 Å². The number of rotatable bonds is 7. The fourth-order valence-electron chi connectivity index (χ4n) is 4.77. The average molecular weight is 482 g/mol. The van der Waals surface area contributed by atoms with Crippen molar-refractivity contribution in [1.82, 2.24) is 4.90 Å². The quantitative estimate of drug-likeness (QED) is 0.487. The van der Waals surface area contributed by atoms with E-state index in [0.717, 1.165) is 18.9 Å². The topological polar surface area (TPSA) is 78.2 Å². The number of methoxy groups -OCH3 is 1. The van der Waals surface area contributed by atoms with Gasteiger partial charge in [0.15, 0.2) is 16.9 Å². The molecule has 8 heteroatoms. The molecule has 35 heavy (non-hydrogen) atoms. The fourth-order valence-corrected chi connectivity index (χ4v) is 4.77. The van der Waals surface area contributed by atoms with Gasteiger partial charge in [-0.15, -0.1) is 0 Å².